The fourth-order valence-electron chi connectivity index (χ4n) is 4.05. The molecule has 1 aliphatic heterocycles. The minimum Gasteiger partial charge on any atom is -0.366 e. The number of pyridine rings is 2. The van der Waals surface area contributed by atoms with E-state index in [2.05, 4.69) is 32.5 Å². The van der Waals surface area contributed by atoms with Gasteiger partial charge in [0.1, 0.15) is 17.3 Å². The monoisotopic (exact) mass is 417 g/mol. The van der Waals surface area contributed by atoms with Gasteiger partial charge in [-0.2, -0.15) is 0 Å². The van der Waals surface area contributed by atoms with Crippen molar-refractivity contribution in [2.75, 3.05) is 30.8 Å². The van der Waals surface area contributed by atoms with Crippen LogP contribution < -0.4 is 10.6 Å². The van der Waals surface area contributed by atoms with Crippen LogP contribution in [-0.4, -0.2) is 56.9 Å². The summed E-state index contributed by atoms with van der Waals surface area (Å²) < 4.78 is 0. The molecule has 0 unspecified atom stereocenters. The summed E-state index contributed by atoms with van der Waals surface area (Å²) in [6.07, 6.45) is 10.5. The average Bonchev–Trinajstić information content (AvgIpc) is 2.74. The highest BCUT2D eigenvalue weighted by Gasteiger charge is 2.25. The molecule has 31 heavy (non-hydrogen) atoms. The number of likely N-dealkylation sites (tertiary alicyclic amines) is 1. The molecule has 3 aromatic heterocycles. The maximum atomic E-state index is 12.2. The van der Waals surface area contributed by atoms with Gasteiger partial charge in [0.15, 0.2) is 0 Å². The van der Waals surface area contributed by atoms with E-state index in [-0.39, 0.29) is 11.8 Å². The Labute approximate surface area is 181 Å². The Balaban J connectivity index is 1.35. The summed E-state index contributed by atoms with van der Waals surface area (Å²) in [4.78, 5) is 32.8. The van der Waals surface area contributed by atoms with E-state index in [1.165, 1.54) is 0 Å². The summed E-state index contributed by atoms with van der Waals surface area (Å²) in [7, 11) is 2.15. The summed E-state index contributed by atoms with van der Waals surface area (Å²) >= 11 is 0. The van der Waals surface area contributed by atoms with Crippen molar-refractivity contribution in [1.29, 1.82) is 0 Å². The van der Waals surface area contributed by atoms with E-state index in [4.69, 9.17) is 9.97 Å². The average molecular weight is 418 g/mol. The smallest absolute Gasteiger partial charge is 0.228 e. The summed E-state index contributed by atoms with van der Waals surface area (Å²) in [5.41, 5.74) is 2.23. The lowest BCUT2D eigenvalue weighted by atomic mass is 9.85. The van der Waals surface area contributed by atoms with Gasteiger partial charge in [-0.25, -0.2) is 15.0 Å². The molecule has 3 aromatic rings. The van der Waals surface area contributed by atoms with Crippen molar-refractivity contribution in [3.8, 4) is 11.4 Å². The first-order chi connectivity index (χ1) is 15.1. The van der Waals surface area contributed by atoms with Crippen molar-refractivity contribution in [2.24, 2.45) is 5.92 Å². The van der Waals surface area contributed by atoms with Crippen LogP contribution >= 0.6 is 0 Å². The van der Waals surface area contributed by atoms with Gasteiger partial charge in [-0.15, -0.1) is 0 Å². The van der Waals surface area contributed by atoms with Crippen molar-refractivity contribution in [1.82, 2.24) is 24.8 Å². The van der Waals surface area contributed by atoms with E-state index in [1.807, 2.05) is 18.2 Å². The second kappa shape index (κ2) is 8.55. The van der Waals surface area contributed by atoms with Gasteiger partial charge in [0.25, 0.3) is 0 Å². The van der Waals surface area contributed by atoms with Crippen LogP contribution in [0.5, 0.6) is 0 Å². The third-order valence-corrected chi connectivity index (χ3v) is 6.27. The summed E-state index contributed by atoms with van der Waals surface area (Å²) in [5.74, 6) is 1.48. The van der Waals surface area contributed by atoms with Gasteiger partial charge in [-0.1, -0.05) is 6.42 Å². The van der Waals surface area contributed by atoms with Crippen LogP contribution in [0.3, 0.4) is 0 Å². The first kappa shape index (κ1) is 19.8. The molecule has 160 valence electrons. The zero-order valence-corrected chi connectivity index (χ0v) is 17.7. The van der Waals surface area contributed by atoms with Crippen molar-refractivity contribution in [3.05, 3.63) is 36.8 Å². The molecule has 8 heteroatoms. The molecule has 8 nitrogen and oxygen atoms in total. The second-order valence-corrected chi connectivity index (χ2v) is 8.59. The Morgan fingerprint density at radius 3 is 2.61 bits per heavy atom. The Morgan fingerprint density at radius 1 is 1.00 bits per heavy atom. The second-order valence-electron chi connectivity index (χ2n) is 8.59. The van der Waals surface area contributed by atoms with Crippen molar-refractivity contribution in [2.45, 2.75) is 38.1 Å². The van der Waals surface area contributed by atoms with Gasteiger partial charge < -0.3 is 15.5 Å². The molecular formula is C23H27N7O. The number of carbonyl (C=O) groups is 1. The molecule has 4 heterocycles. The van der Waals surface area contributed by atoms with Crippen LogP contribution in [0.2, 0.25) is 0 Å². The van der Waals surface area contributed by atoms with Crippen LogP contribution in [0.25, 0.3) is 22.3 Å². The van der Waals surface area contributed by atoms with Crippen LogP contribution in [0.15, 0.2) is 36.8 Å². The van der Waals surface area contributed by atoms with Gasteiger partial charge in [0, 0.05) is 29.6 Å². The van der Waals surface area contributed by atoms with Crippen molar-refractivity contribution < 1.29 is 4.79 Å². The predicted octanol–water partition coefficient (Wildman–Crippen LogP) is 3.33. The van der Waals surface area contributed by atoms with Crippen LogP contribution in [0.1, 0.15) is 32.1 Å². The topological polar surface area (TPSA) is 95.9 Å². The molecule has 1 aliphatic carbocycles. The Kier molecular flexibility index (Phi) is 5.46. The van der Waals surface area contributed by atoms with E-state index >= 15 is 0 Å². The molecule has 5 rings (SSSR count). The maximum absolute atomic E-state index is 12.2. The largest absolute Gasteiger partial charge is 0.366 e. The minimum absolute atomic E-state index is 0.0489. The minimum atomic E-state index is 0.0489. The Hall–Kier alpha value is -3.13. The molecule has 2 aliphatic rings. The molecule has 2 N–H and O–H groups in total. The number of fused-ring (bicyclic) bond motifs is 1. The van der Waals surface area contributed by atoms with Gasteiger partial charge in [0.2, 0.25) is 5.91 Å². The van der Waals surface area contributed by atoms with Gasteiger partial charge in [0.05, 0.1) is 23.6 Å². The summed E-state index contributed by atoms with van der Waals surface area (Å²) in [6.45, 7) is 2.18. The molecule has 1 saturated carbocycles. The molecule has 1 amide bonds. The molecule has 0 spiro atoms. The van der Waals surface area contributed by atoms with Crippen LogP contribution in [0, 0.1) is 5.92 Å². The third-order valence-electron chi connectivity index (χ3n) is 6.27. The number of nitrogens with zero attached hydrogens (tertiary/aromatic N) is 5. The molecule has 0 radical (unpaired) electrons. The van der Waals surface area contributed by atoms with Gasteiger partial charge >= 0.3 is 0 Å². The molecule has 0 bridgehead atoms. The lowest BCUT2D eigenvalue weighted by Crippen LogP contribution is -2.36. The number of carbonyl (C=O) groups excluding carboxylic acids is 1. The fourth-order valence-corrected chi connectivity index (χ4v) is 4.05. The number of hydrogen-bond acceptors (Lipinski definition) is 7. The number of rotatable bonds is 5. The standard InChI is InChI=1S/C23H27N7O/c1-30-9-7-17(8-10-30)26-22-14-24-13-20(28-22)18-6-5-16-12-25-21(11-19(16)27-18)29-23(31)15-3-2-4-15/h5-6,11-15,17H,2-4,7-10H2,1H3,(H,26,28)(H,25,29,31). The molecule has 2 fully saturated rings. The molecule has 1 saturated heterocycles. The van der Waals surface area contributed by atoms with E-state index in [1.54, 1.807) is 18.6 Å². The van der Waals surface area contributed by atoms with Gasteiger partial charge in [-0.3, -0.25) is 9.78 Å². The van der Waals surface area contributed by atoms with Gasteiger partial charge in [-0.05, 0) is 58.0 Å². The SMILES string of the molecule is CN1CCC(Nc2cncc(-c3ccc4cnc(NC(=O)C5CCC5)cc4n3)n2)CC1. The van der Waals surface area contributed by atoms with E-state index in [0.29, 0.717) is 11.9 Å². The number of nitrogens with one attached hydrogen (secondary N) is 2. The first-order valence-corrected chi connectivity index (χ1v) is 11.0. The quantitative estimate of drug-likeness (QED) is 0.657. The van der Waals surface area contributed by atoms with E-state index in [0.717, 1.165) is 73.3 Å². The Morgan fingerprint density at radius 2 is 1.84 bits per heavy atom. The maximum Gasteiger partial charge on any atom is 0.228 e. The highest BCUT2D eigenvalue weighted by atomic mass is 16.2. The highest BCUT2D eigenvalue weighted by molar-refractivity contribution is 5.94. The number of amides is 1. The predicted molar refractivity (Wildman–Crippen MR) is 121 cm³/mol. The normalized spacial score (nSPS) is 18.0. The molecule has 0 aromatic carbocycles. The number of aromatic nitrogens is 4. The van der Waals surface area contributed by atoms with Crippen LogP contribution in [-0.2, 0) is 4.79 Å². The van der Waals surface area contributed by atoms with Crippen molar-refractivity contribution >= 4 is 28.4 Å². The lowest BCUT2D eigenvalue weighted by molar-refractivity contribution is -0.122. The fraction of sp³-hybridized carbons (Fsp3) is 0.435. The van der Waals surface area contributed by atoms with E-state index < -0.39 is 0 Å². The lowest BCUT2D eigenvalue weighted by Gasteiger charge is -2.29. The summed E-state index contributed by atoms with van der Waals surface area (Å²) in [6, 6.07) is 6.14. The van der Waals surface area contributed by atoms with Crippen molar-refractivity contribution in [3.63, 3.8) is 0 Å². The molecule has 0 atom stereocenters. The number of piperidine rings is 1. The zero-order valence-electron chi connectivity index (χ0n) is 17.7. The zero-order chi connectivity index (χ0) is 21.2. The third kappa shape index (κ3) is 4.49. The van der Waals surface area contributed by atoms with E-state index in [9.17, 15) is 4.79 Å². The molecular weight excluding hydrogens is 390 g/mol. The van der Waals surface area contributed by atoms with Crippen LogP contribution in [0.4, 0.5) is 11.6 Å². The number of hydrogen-bond donors (Lipinski definition) is 2. The number of anilines is 2. The Bertz CT molecular complexity index is 1090. The summed E-state index contributed by atoms with van der Waals surface area (Å²) in [5, 5.41) is 7.35. The highest BCUT2D eigenvalue weighted by Crippen LogP contribution is 2.28. The first-order valence-electron chi connectivity index (χ1n) is 11.0.